The first-order valence-electron chi connectivity index (χ1n) is 6.71. The van der Waals surface area contributed by atoms with E-state index in [1.54, 1.807) is 13.3 Å². The summed E-state index contributed by atoms with van der Waals surface area (Å²) in [5.74, 6) is 1.73. The van der Waals surface area contributed by atoms with Gasteiger partial charge < -0.3 is 14.6 Å². The summed E-state index contributed by atoms with van der Waals surface area (Å²) in [5, 5.41) is 4.18. The monoisotopic (exact) mass is 293 g/mol. The van der Waals surface area contributed by atoms with E-state index < -0.39 is 0 Å². The first kappa shape index (κ1) is 14.9. The van der Waals surface area contributed by atoms with Crippen molar-refractivity contribution in [2.45, 2.75) is 19.4 Å². The molecule has 0 amide bonds. The van der Waals surface area contributed by atoms with Crippen LogP contribution in [0.5, 0.6) is 5.75 Å². The lowest BCUT2D eigenvalue weighted by molar-refractivity contribution is 0.401. The van der Waals surface area contributed by atoms with Crippen LogP contribution >= 0.6 is 11.6 Å². The predicted octanol–water partition coefficient (Wildman–Crippen LogP) is 3.17. The molecule has 1 atom stereocenters. The lowest BCUT2D eigenvalue weighted by Gasteiger charge is -2.21. The molecule has 0 fully saturated rings. The number of benzene rings is 1. The van der Waals surface area contributed by atoms with Crippen LogP contribution in [0.2, 0.25) is 5.02 Å². The van der Waals surface area contributed by atoms with Crippen LogP contribution in [0.4, 0.5) is 0 Å². The van der Waals surface area contributed by atoms with Crippen molar-refractivity contribution in [3.05, 3.63) is 47.0 Å². The highest BCUT2D eigenvalue weighted by Gasteiger charge is 2.21. The van der Waals surface area contributed by atoms with Crippen LogP contribution in [-0.2, 0) is 7.05 Å². The first-order chi connectivity index (χ1) is 9.67. The Labute approximate surface area is 124 Å². The molecule has 5 heteroatoms. The van der Waals surface area contributed by atoms with Crippen molar-refractivity contribution in [3.8, 4) is 5.75 Å². The molecule has 1 unspecified atom stereocenters. The van der Waals surface area contributed by atoms with E-state index in [9.17, 15) is 0 Å². The van der Waals surface area contributed by atoms with Gasteiger partial charge in [-0.1, -0.05) is 24.6 Å². The number of hydrogen-bond donors (Lipinski definition) is 1. The Kier molecular flexibility index (Phi) is 5.04. The van der Waals surface area contributed by atoms with Gasteiger partial charge in [-0.25, -0.2) is 4.98 Å². The largest absolute Gasteiger partial charge is 0.496 e. The molecule has 1 N–H and O–H groups in total. The first-order valence-corrected chi connectivity index (χ1v) is 7.09. The zero-order valence-electron chi connectivity index (χ0n) is 12.1. The van der Waals surface area contributed by atoms with Gasteiger partial charge in [-0.15, -0.1) is 0 Å². The standard InChI is InChI=1S/C15H20ClN3O/c1-4-7-17-14(15-18-8-9-19(15)2)12-6-5-11(16)10-13(12)20-3/h5-6,8-10,14,17H,4,7H2,1-3H3. The van der Waals surface area contributed by atoms with Crippen molar-refractivity contribution in [2.75, 3.05) is 13.7 Å². The minimum absolute atomic E-state index is 0.0119. The maximum atomic E-state index is 6.04. The van der Waals surface area contributed by atoms with Crippen LogP contribution < -0.4 is 10.1 Å². The normalized spacial score (nSPS) is 12.4. The van der Waals surface area contributed by atoms with Crippen molar-refractivity contribution < 1.29 is 4.74 Å². The van der Waals surface area contributed by atoms with E-state index in [0.29, 0.717) is 5.02 Å². The number of imidazole rings is 1. The molecule has 2 rings (SSSR count). The van der Waals surface area contributed by atoms with Gasteiger partial charge in [0.1, 0.15) is 11.6 Å². The third kappa shape index (κ3) is 3.14. The van der Waals surface area contributed by atoms with Crippen molar-refractivity contribution in [2.24, 2.45) is 7.05 Å². The smallest absolute Gasteiger partial charge is 0.130 e. The molecule has 2 aromatic rings. The number of aryl methyl sites for hydroxylation is 1. The van der Waals surface area contributed by atoms with Crippen molar-refractivity contribution in [1.29, 1.82) is 0 Å². The maximum absolute atomic E-state index is 6.04. The third-order valence-electron chi connectivity index (χ3n) is 3.22. The van der Waals surface area contributed by atoms with Gasteiger partial charge in [-0.05, 0) is 25.1 Å². The molecule has 0 radical (unpaired) electrons. The molecule has 20 heavy (non-hydrogen) atoms. The molecule has 0 bridgehead atoms. The van der Waals surface area contributed by atoms with Gasteiger partial charge >= 0.3 is 0 Å². The number of nitrogens with one attached hydrogen (secondary N) is 1. The van der Waals surface area contributed by atoms with Gasteiger partial charge in [0.2, 0.25) is 0 Å². The third-order valence-corrected chi connectivity index (χ3v) is 3.46. The Morgan fingerprint density at radius 3 is 2.85 bits per heavy atom. The maximum Gasteiger partial charge on any atom is 0.130 e. The fourth-order valence-corrected chi connectivity index (χ4v) is 2.37. The summed E-state index contributed by atoms with van der Waals surface area (Å²) in [7, 11) is 3.65. The fourth-order valence-electron chi connectivity index (χ4n) is 2.21. The molecule has 0 saturated carbocycles. The molecule has 0 aliphatic heterocycles. The van der Waals surface area contributed by atoms with Crippen molar-refractivity contribution in [3.63, 3.8) is 0 Å². The van der Waals surface area contributed by atoms with Crippen molar-refractivity contribution in [1.82, 2.24) is 14.9 Å². The highest BCUT2D eigenvalue weighted by molar-refractivity contribution is 6.30. The summed E-state index contributed by atoms with van der Waals surface area (Å²) in [4.78, 5) is 4.46. The lowest BCUT2D eigenvalue weighted by Crippen LogP contribution is -2.26. The SMILES string of the molecule is CCCNC(c1ccc(Cl)cc1OC)c1nccn1C. The number of rotatable bonds is 6. The molecular weight excluding hydrogens is 274 g/mol. The second-order valence-corrected chi connectivity index (χ2v) is 5.11. The van der Waals surface area contributed by atoms with E-state index in [2.05, 4.69) is 17.2 Å². The zero-order chi connectivity index (χ0) is 14.5. The Morgan fingerprint density at radius 1 is 1.45 bits per heavy atom. The number of ether oxygens (including phenoxy) is 1. The number of hydrogen-bond acceptors (Lipinski definition) is 3. The summed E-state index contributed by atoms with van der Waals surface area (Å²) < 4.78 is 7.48. The van der Waals surface area contributed by atoms with Crippen LogP contribution in [0.15, 0.2) is 30.6 Å². The average Bonchev–Trinajstić information content (AvgIpc) is 2.86. The highest BCUT2D eigenvalue weighted by Crippen LogP contribution is 2.31. The minimum atomic E-state index is -0.0119. The minimum Gasteiger partial charge on any atom is -0.496 e. The Bertz CT molecular complexity index is 568. The molecular formula is C15H20ClN3O. The van der Waals surface area contributed by atoms with E-state index in [4.69, 9.17) is 16.3 Å². The van der Waals surface area contributed by atoms with Crippen LogP contribution in [0.3, 0.4) is 0 Å². The molecule has 0 spiro atoms. The molecule has 4 nitrogen and oxygen atoms in total. The van der Waals surface area contributed by atoms with Gasteiger partial charge in [-0.2, -0.15) is 0 Å². The predicted molar refractivity (Wildman–Crippen MR) is 81.3 cm³/mol. The summed E-state index contributed by atoms with van der Waals surface area (Å²) in [6.45, 7) is 3.05. The molecule has 108 valence electrons. The molecule has 0 aliphatic carbocycles. The average molecular weight is 294 g/mol. The topological polar surface area (TPSA) is 39.1 Å². The van der Waals surface area contributed by atoms with Crippen LogP contribution in [0.1, 0.15) is 30.8 Å². The Hall–Kier alpha value is -1.52. The fraction of sp³-hybridized carbons (Fsp3) is 0.400. The van der Waals surface area contributed by atoms with Gasteiger partial charge in [0, 0.05) is 30.0 Å². The zero-order valence-corrected chi connectivity index (χ0v) is 12.8. The second-order valence-electron chi connectivity index (χ2n) is 4.67. The van der Waals surface area contributed by atoms with Crippen molar-refractivity contribution >= 4 is 11.6 Å². The Balaban J connectivity index is 2.43. The molecule has 0 saturated heterocycles. The number of halogens is 1. The summed E-state index contributed by atoms with van der Waals surface area (Å²) >= 11 is 6.04. The quantitative estimate of drug-likeness (QED) is 0.889. The van der Waals surface area contributed by atoms with Crippen LogP contribution in [0.25, 0.3) is 0 Å². The van der Waals surface area contributed by atoms with E-state index in [1.807, 2.05) is 36.0 Å². The van der Waals surface area contributed by atoms with Gasteiger partial charge in [0.05, 0.1) is 13.2 Å². The summed E-state index contributed by atoms with van der Waals surface area (Å²) in [6, 6.07) is 5.69. The summed E-state index contributed by atoms with van der Waals surface area (Å²) in [6.07, 6.45) is 4.80. The number of methoxy groups -OCH3 is 1. The number of aromatic nitrogens is 2. The van der Waals surface area contributed by atoms with Gasteiger partial charge in [-0.3, -0.25) is 0 Å². The molecule has 1 heterocycles. The molecule has 0 aliphatic rings. The van der Waals surface area contributed by atoms with E-state index in [-0.39, 0.29) is 6.04 Å². The molecule has 1 aromatic carbocycles. The summed E-state index contributed by atoms with van der Waals surface area (Å²) in [5.41, 5.74) is 1.04. The number of nitrogens with zero attached hydrogens (tertiary/aromatic N) is 2. The van der Waals surface area contributed by atoms with E-state index >= 15 is 0 Å². The Morgan fingerprint density at radius 2 is 2.25 bits per heavy atom. The highest BCUT2D eigenvalue weighted by atomic mass is 35.5. The van der Waals surface area contributed by atoms with Crippen LogP contribution in [-0.4, -0.2) is 23.2 Å². The van der Waals surface area contributed by atoms with E-state index in [0.717, 1.165) is 30.1 Å². The van der Waals surface area contributed by atoms with Gasteiger partial charge in [0.15, 0.2) is 0 Å². The van der Waals surface area contributed by atoms with Gasteiger partial charge in [0.25, 0.3) is 0 Å². The van der Waals surface area contributed by atoms with Crippen LogP contribution in [0, 0.1) is 0 Å². The second kappa shape index (κ2) is 6.77. The lowest BCUT2D eigenvalue weighted by atomic mass is 10.0. The molecule has 1 aromatic heterocycles. The van der Waals surface area contributed by atoms with E-state index in [1.165, 1.54) is 0 Å².